The Bertz CT molecular complexity index is 1570. The first-order valence-corrected chi connectivity index (χ1v) is 12.9. The Morgan fingerprint density at radius 1 is 1.05 bits per heavy atom. The van der Waals surface area contributed by atoms with Crippen molar-refractivity contribution >= 4 is 33.6 Å². The molecule has 5 aromatic heterocycles. The first kappa shape index (κ1) is 23.1. The highest BCUT2D eigenvalue weighted by atomic mass is 15.2. The Labute approximate surface area is 215 Å². The van der Waals surface area contributed by atoms with Crippen LogP contribution in [0.4, 0.5) is 11.5 Å². The van der Waals surface area contributed by atoms with Gasteiger partial charge in [-0.1, -0.05) is 20.4 Å². The summed E-state index contributed by atoms with van der Waals surface area (Å²) in [5.41, 5.74) is 7.70. The minimum absolute atomic E-state index is 0.532. The van der Waals surface area contributed by atoms with Crippen molar-refractivity contribution < 1.29 is 0 Å². The number of allylic oxidation sites excluding steroid dienone is 1. The summed E-state index contributed by atoms with van der Waals surface area (Å²) in [7, 11) is 0. The maximum absolute atomic E-state index is 4.96. The van der Waals surface area contributed by atoms with Crippen LogP contribution in [0, 0.1) is 5.92 Å². The van der Waals surface area contributed by atoms with Gasteiger partial charge in [0.25, 0.3) is 0 Å². The van der Waals surface area contributed by atoms with Crippen molar-refractivity contribution in [1.29, 1.82) is 0 Å². The minimum atomic E-state index is 0.532. The molecule has 0 radical (unpaired) electrons. The monoisotopic (exact) mass is 493 g/mol. The number of hydrogen-bond donors (Lipinski definition) is 3. The van der Waals surface area contributed by atoms with Crippen molar-refractivity contribution in [1.82, 2.24) is 35.1 Å². The quantitative estimate of drug-likeness (QED) is 0.258. The largest absolute Gasteiger partial charge is 0.358 e. The number of fused-ring (bicyclic) bond motifs is 2. The van der Waals surface area contributed by atoms with Gasteiger partial charge in [-0.05, 0) is 55.9 Å². The molecule has 0 unspecified atom stereocenters. The van der Waals surface area contributed by atoms with Crippen LogP contribution in [-0.2, 0) is 0 Å². The minimum Gasteiger partial charge on any atom is -0.358 e. The van der Waals surface area contributed by atoms with Gasteiger partial charge in [-0.25, -0.2) is 15.0 Å². The second-order valence-electron chi connectivity index (χ2n) is 10.1. The summed E-state index contributed by atoms with van der Waals surface area (Å²) >= 11 is 0. The predicted molar refractivity (Wildman–Crippen MR) is 148 cm³/mol. The number of rotatable bonds is 7. The summed E-state index contributed by atoms with van der Waals surface area (Å²) in [6, 6.07) is 7.98. The Balaban J connectivity index is 1.35. The van der Waals surface area contributed by atoms with Crippen LogP contribution < -0.4 is 10.2 Å². The predicted octanol–water partition coefficient (Wildman–Crippen LogP) is 5.92. The van der Waals surface area contributed by atoms with Crippen LogP contribution in [0.1, 0.15) is 39.5 Å². The fraction of sp³-hybridized carbons (Fsp3) is 0.321. The van der Waals surface area contributed by atoms with E-state index in [0.717, 1.165) is 70.0 Å². The van der Waals surface area contributed by atoms with Crippen molar-refractivity contribution in [3.05, 3.63) is 55.1 Å². The van der Waals surface area contributed by atoms with Crippen LogP contribution in [0.5, 0.6) is 0 Å². The van der Waals surface area contributed by atoms with Gasteiger partial charge in [0.2, 0.25) is 0 Å². The molecule has 1 fully saturated rings. The van der Waals surface area contributed by atoms with Gasteiger partial charge < -0.3 is 15.2 Å². The van der Waals surface area contributed by atoms with Crippen molar-refractivity contribution in [2.24, 2.45) is 5.92 Å². The Hall–Kier alpha value is -4.27. The van der Waals surface area contributed by atoms with E-state index in [1.807, 2.05) is 36.7 Å². The zero-order valence-electron chi connectivity index (χ0n) is 21.3. The lowest BCUT2D eigenvalue weighted by Gasteiger charge is -2.27. The van der Waals surface area contributed by atoms with E-state index in [4.69, 9.17) is 9.97 Å². The Kier molecular flexibility index (Phi) is 6.04. The molecule has 9 nitrogen and oxygen atoms in total. The first-order valence-electron chi connectivity index (χ1n) is 12.9. The van der Waals surface area contributed by atoms with Crippen molar-refractivity contribution in [3.8, 4) is 22.8 Å². The highest BCUT2D eigenvalue weighted by Crippen LogP contribution is 2.31. The molecule has 1 saturated heterocycles. The molecule has 188 valence electrons. The van der Waals surface area contributed by atoms with E-state index in [1.165, 1.54) is 19.3 Å². The zero-order chi connectivity index (χ0) is 25.4. The maximum atomic E-state index is 4.96. The molecule has 5 aromatic rings. The van der Waals surface area contributed by atoms with Crippen molar-refractivity contribution in [3.63, 3.8) is 0 Å². The van der Waals surface area contributed by atoms with Gasteiger partial charge in [-0.3, -0.25) is 10.1 Å². The number of imidazole rings is 1. The third-order valence-corrected chi connectivity index (χ3v) is 6.68. The Morgan fingerprint density at radius 2 is 1.92 bits per heavy atom. The third-order valence-electron chi connectivity index (χ3n) is 6.68. The number of nitrogens with zero attached hydrogens (tertiary/aromatic N) is 6. The van der Waals surface area contributed by atoms with Crippen LogP contribution in [0.15, 0.2) is 55.1 Å². The van der Waals surface area contributed by atoms with E-state index in [2.05, 4.69) is 55.8 Å². The average Bonchev–Trinajstić information content (AvgIpc) is 3.52. The molecule has 0 spiro atoms. The summed E-state index contributed by atoms with van der Waals surface area (Å²) < 4.78 is 0. The number of hydrogen-bond acceptors (Lipinski definition) is 7. The van der Waals surface area contributed by atoms with E-state index in [0.29, 0.717) is 17.4 Å². The van der Waals surface area contributed by atoms with Crippen LogP contribution in [0.2, 0.25) is 0 Å². The van der Waals surface area contributed by atoms with Gasteiger partial charge in [0.1, 0.15) is 11.0 Å². The summed E-state index contributed by atoms with van der Waals surface area (Å²) in [6.07, 6.45) is 10.0. The van der Waals surface area contributed by atoms with Crippen LogP contribution in [-0.4, -0.2) is 48.2 Å². The van der Waals surface area contributed by atoms with Gasteiger partial charge in [-0.15, -0.1) is 0 Å². The summed E-state index contributed by atoms with van der Waals surface area (Å²) in [5, 5.41) is 11.0. The second-order valence-corrected chi connectivity index (χ2v) is 10.1. The molecule has 37 heavy (non-hydrogen) atoms. The van der Waals surface area contributed by atoms with E-state index in [-0.39, 0.29) is 0 Å². The molecular weight excluding hydrogens is 462 g/mol. The summed E-state index contributed by atoms with van der Waals surface area (Å²) in [5.74, 6) is 2.14. The summed E-state index contributed by atoms with van der Waals surface area (Å²) in [4.78, 5) is 24.8. The molecule has 0 amide bonds. The zero-order valence-corrected chi connectivity index (χ0v) is 21.3. The SMILES string of the molecule is C=C(CC(C)C)Nc1cncc(-c2ccc3[nH]nc(-c4nc5c(N6CCCCC6)nccc5[nH]4)c3n2)c1. The molecule has 0 aliphatic carbocycles. The lowest BCUT2D eigenvalue weighted by atomic mass is 10.1. The van der Waals surface area contributed by atoms with E-state index < -0.39 is 0 Å². The molecule has 6 heterocycles. The molecule has 6 rings (SSSR count). The fourth-order valence-electron chi connectivity index (χ4n) is 4.99. The number of anilines is 2. The van der Waals surface area contributed by atoms with Crippen LogP contribution >= 0.6 is 0 Å². The van der Waals surface area contributed by atoms with Gasteiger partial charge in [-0.2, -0.15) is 5.10 Å². The van der Waals surface area contributed by atoms with E-state index in [9.17, 15) is 0 Å². The van der Waals surface area contributed by atoms with Gasteiger partial charge in [0, 0.05) is 36.7 Å². The molecule has 0 aromatic carbocycles. The Morgan fingerprint density at radius 3 is 2.76 bits per heavy atom. The number of pyridine rings is 3. The number of piperidine rings is 1. The van der Waals surface area contributed by atoms with Crippen molar-refractivity contribution in [2.45, 2.75) is 39.5 Å². The molecule has 3 N–H and O–H groups in total. The van der Waals surface area contributed by atoms with Crippen LogP contribution in [0.25, 0.3) is 44.8 Å². The number of nitrogens with one attached hydrogen (secondary N) is 3. The van der Waals surface area contributed by atoms with E-state index in [1.54, 1.807) is 6.20 Å². The smallest absolute Gasteiger partial charge is 0.161 e. The van der Waals surface area contributed by atoms with Crippen LogP contribution in [0.3, 0.4) is 0 Å². The number of aromatic amines is 2. The maximum Gasteiger partial charge on any atom is 0.161 e. The molecule has 1 aliphatic heterocycles. The van der Waals surface area contributed by atoms with Crippen molar-refractivity contribution in [2.75, 3.05) is 23.3 Å². The van der Waals surface area contributed by atoms with Gasteiger partial charge in [0.15, 0.2) is 17.3 Å². The topological polar surface area (TPSA) is 111 Å². The lowest BCUT2D eigenvalue weighted by Crippen LogP contribution is -2.30. The molecular formula is C28H31N9. The second kappa shape index (κ2) is 9.65. The molecule has 1 aliphatic rings. The molecule has 9 heteroatoms. The van der Waals surface area contributed by atoms with Gasteiger partial charge in [0.05, 0.1) is 28.6 Å². The standard InChI is InChI=1S/C28H31N9/c1-17(2)13-18(3)31-20-14-19(15-29-16-20)21-7-8-23-24(32-21)26(36-35-23)27-33-22-9-10-30-28(25(22)34-27)37-11-5-4-6-12-37/h7-10,14-17,31H,3-6,11-13H2,1-2H3,(H,33,34)(H,35,36). The van der Waals surface area contributed by atoms with Gasteiger partial charge >= 0.3 is 0 Å². The number of aromatic nitrogens is 7. The lowest BCUT2D eigenvalue weighted by molar-refractivity contribution is 0.574. The highest BCUT2D eigenvalue weighted by molar-refractivity contribution is 5.94. The highest BCUT2D eigenvalue weighted by Gasteiger charge is 2.20. The summed E-state index contributed by atoms with van der Waals surface area (Å²) in [6.45, 7) is 10.5. The third kappa shape index (κ3) is 4.64. The molecule has 0 saturated carbocycles. The fourth-order valence-corrected chi connectivity index (χ4v) is 4.99. The molecule has 0 bridgehead atoms. The molecule has 0 atom stereocenters. The number of H-pyrrole nitrogens is 2. The van der Waals surface area contributed by atoms with E-state index >= 15 is 0 Å². The average molecular weight is 494 g/mol. The first-order chi connectivity index (χ1) is 18.0. The normalized spacial score (nSPS) is 14.1.